The number of ketones is 1. The molecule has 1 rings (SSSR count). The van der Waals surface area contributed by atoms with Crippen molar-refractivity contribution in [1.82, 2.24) is 5.32 Å². The number of carbonyl (C=O) groups excluding carboxylic acids is 1. The molecule has 1 aliphatic heterocycles. The molecule has 1 aliphatic rings. The number of rotatable bonds is 0. The molecule has 6 heavy (non-hydrogen) atoms. The van der Waals surface area contributed by atoms with Crippen molar-refractivity contribution in [3.63, 3.8) is 0 Å². The highest BCUT2D eigenvalue weighted by atomic mass is 35.5. The average Bonchev–Trinajstić information content (AvgIpc) is 1.61. The van der Waals surface area contributed by atoms with E-state index < -0.39 is 0 Å². The van der Waals surface area contributed by atoms with E-state index in [-0.39, 0.29) is 11.3 Å². The van der Waals surface area contributed by atoms with Gasteiger partial charge < -0.3 is 0 Å². The fourth-order valence-electron chi connectivity index (χ4n) is 0.263. The summed E-state index contributed by atoms with van der Waals surface area (Å²) in [6.07, 6.45) is 0. The second kappa shape index (κ2) is 1.21. The van der Waals surface area contributed by atoms with Crippen molar-refractivity contribution in [2.45, 2.75) is 5.50 Å². The summed E-state index contributed by atoms with van der Waals surface area (Å²) in [7, 11) is 0. The summed E-state index contributed by atoms with van der Waals surface area (Å²) < 4.78 is 0. The molecule has 0 bridgehead atoms. The van der Waals surface area contributed by atoms with Crippen molar-refractivity contribution in [2.75, 3.05) is 6.54 Å². The zero-order valence-corrected chi connectivity index (χ0v) is 3.83. The maximum atomic E-state index is 10.0. The highest BCUT2D eigenvalue weighted by Gasteiger charge is 2.23. The molecular weight excluding hydrogens is 101 g/mol. The SMILES string of the molecule is O=C1CNC1Cl. The fraction of sp³-hybridized carbons (Fsp3) is 0.667. The summed E-state index contributed by atoms with van der Waals surface area (Å²) in [4.78, 5) is 10.0. The van der Waals surface area contributed by atoms with Gasteiger partial charge in [-0.2, -0.15) is 0 Å². The zero-order chi connectivity index (χ0) is 4.57. The lowest BCUT2D eigenvalue weighted by Gasteiger charge is -2.17. The third kappa shape index (κ3) is 0.420. The van der Waals surface area contributed by atoms with Crippen LogP contribution in [0.4, 0.5) is 0 Å². The molecule has 0 aromatic rings. The smallest absolute Gasteiger partial charge is 0.178 e. The number of hydrogen-bond acceptors (Lipinski definition) is 2. The van der Waals surface area contributed by atoms with E-state index in [1.807, 2.05) is 0 Å². The number of carbonyl (C=O) groups is 1. The molecule has 1 heterocycles. The fourth-order valence-corrected chi connectivity index (χ4v) is 0.417. The van der Waals surface area contributed by atoms with Crippen LogP contribution in [0.1, 0.15) is 0 Å². The third-order valence-electron chi connectivity index (χ3n) is 0.738. The van der Waals surface area contributed by atoms with E-state index in [0.717, 1.165) is 0 Å². The first-order valence-electron chi connectivity index (χ1n) is 1.71. The monoisotopic (exact) mass is 105 g/mol. The molecule has 1 saturated heterocycles. The number of alkyl halides is 1. The molecule has 34 valence electrons. The Bertz CT molecular complexity index is 82.9. The first-order valence-corrected chi connectivity index (χ1v) is 2.14. The zero-order valence-electron chi connectivity index (χ0n) is 3.07. The van der Waals surface area contributed by atoms with Gasteiger partial charge in [0.05, 0.1) is 6.54 Å². The molecule has 0 aliphatic carbocycles. The minimum absolute atomic E-state index is 0.0941. The summed E-state index contributed by atoms with van der Waals surface area (Å²) in [5.74, 6) is 0.0941. The van der Waals surface area contributed by atoms with Crippen molar-refractivity contribution in [1.29, 1.82) is 0 Å². The topological polar surface area (TPSA) is 29.1 Å². The Morgan fingerprint density at radius 3 is 2.50 bits per heavy atom. The number of Topliss-reactive ketones (excluding diaryl/α,β-unsaturated/α-hetero) is 1. The van der Waals surface area contributed by atoms with Gasteiger partial charge in [-0.05, 0) is 0 Å². The Hall–Kier alpha value is -0.0800. The Morgan fingerprint density at radius 2 is 2.50 bits per heavy atom. The van der Waals surface area contributed by atoms with Gasteiger partial charge in [0.15, 0.2) is 5.78 Å². The lowest BCUT2D eigenvalue weighted by Crippen LogP contribution is -2.49. The van der Waals surface area contributed by atoms with Gasteiger partial charge in [-0.25, -0.2) is 0 Å². The molecule has 3 heteroatoms. The molecule has 0 radical (unpaired) electrons. The second-order valence-corrected chi connectivity index (χ2v) is 1.65. The maximum Gasteiger partial charge on any atom is 0.178 e. The molecule has 1 N–H and O–H groups in total. The van der Waals surface area contributed by atoms with E-state index in [1.54, 1.807) is 0 Å². The molecule has 1 atom stereocenters. The molecule has 0 saturated carbocycles. The summed E-state index contributed by atoms with van der Waals surface area (Å²) in [6, 6.07) is 0. The van der Waals surface area contributed by atoms with Crippen LogP contribution >= 0.6 is 11.6 Å². The van der Waals surface area contributed by atoms with Crippen molar-refractivity contribution in [3.05, 3.63) is 0 Å². The van der Waals surface area contributed by atoms with Crippen molar-refractivity contribution >= 4 is 17.4 Å². The summed E-state index contributed by atoms with van der Waals surface area (Å²) in [5.41, 5.74) is -0.384. The number of hydrogen-bond donors (Lipinski definition) is 1. The van der Waals surface area contributed by atoms with Crippen LogP contribution in [0.15, 0.2) is 0 Å². The van der Waals surface area contributed by atoms with E-state index >= 15 is 0 Å². The minimum Gasteiger partial charge on any atom is -0.295 e. The summed E-state index contributed by atoms with van der Waals surface area (Å²) in [6.45, 7) is 0.453. The standard InChI is InChI=1S/C3H4ClNO/c4-3-2(6)1-5-3/h3,5H,1H2. The number of nitrogens with one attached hydrogen (secondary N) is 1. The van der Waals surface area contributed by atoms with Gasteiger partial charge in [-0.15, -0.1) is 0 Å². The quantitative estimate of drug-likeness (QED) is 0.339. The summed E-state index contributed by atoms with van der Waals surface area (Å²) in [5, 5.41) is 2.67. The third-order valence-corrected chi connectivity index (χ3v) is 1.14. The molecule has 1 fully saturated rings. The van der Waals surface area contributed by atoms with E-state index in [1.165, 1.54) is 0 Å². The Kier molecular flexibility index (Phi) is 0.821. The Labute approximate surface area is 40.5 Å². The van der Waals surface area contributed by atoms with Gasteiger partial charge in [0.2, 0.25) is 0 Å². The molecule has 1 unspecified atom stereocenters. The van der Waals surface area contributed by atoms with Gasteiger partial charge in [0.25, 0.3) is 0 Å². The molecule has 0 spiro atoms. The van der Waals surface area contributed by atoms with Gasteiger partial charge >= 0.3 is 0 Å². The van der Waals surface area contributed by atoms with E-state index in [2.05, 4.69) is 5.32 Å². The van der Waals surface area contributed by atoms with Gasteiger partial charge in [0, 0.05) is 0 Å². The Balaban J connectivity index is 2.39. The molecule has 0 amide bonds. The van der Waals surface area contributed by atoms with Crippen LogP contribution in [0.25, 0.3) is 0 Å². The molecule has 2 nitrogen and oxygen atoms in total. The van der Waals surface area contributed by atoms with Gasteiger partial charge in [-0.1, -0.05) is 11.6 Å². The van der Waals surface area contributed by atoms with Crippen molar-refractivity contribution in [3.8, 4) is 0 Å². The Morgan fingerprint density at radius 1 is 2.00 bits per heavy atom. The lowest BCUT2D eigenvalue weighted by molar-refractivity contribution is -0.122. The highest BCUT2D eigenvalue weighted by Crippen LogP contribution is 1.99. The first kappa shape index (κ1) is 4.09. The largest absolute Gasteiger partial charge is 0.295 e. The van der Waals surface area contributed by atoms with Crippen LogP contribution in [0, 0.1) is 0 Å². The van der Waals surface area contributed by atoms with Gasteiger partial charge in [-0.3, -0.25) is 10.1 Å². The summed E-state index contributed by atoms with van der Waals surface area (Å²) >= 11 is 5.24. The number of halogens is 1. The molecule has 0 aromatic carbocycles. The predicted molar refractivity (Wildman–Crippen MR) is 22.7 cm³/mol. The normalized spacial score (nSPS) is 32.8. The van der Waals surface area contributed by atoms with Crippen LogP contribution in [0.2, 0.25) is 0 Å². The van der Waals surface area contributed by atoms with Crippen LogP contribution in [-0.2, 0) is 4.79 Å². The highest BCUT2D eigenvalue weighted by molar-refractivity contribution is 6.33. The average molecular weight is 106 g/mol. The van der Waals surface area contributed by atoms with Crippen LogP contribution in [0.3, 0.4) is 0 Å². The van der Waals surface area contributed by atoms with Gasteiger partial charge in [0.1, 0.15) is 5.50 Å². The van der Waals surface area contributed by atoms with Crippen LogP contribution in [0.5, 0.6) is 0 Å². The first-order chi connectivity index (χ1) is 2.80. The lowest BCUT2D eigenvalue weighted by atomic mass is 10.3. The second-order valence-electron chi connectivity index (χ2n) is 1.21. The van der Waals surface area contributed by atoms with Crippen molar-refractivity contribution < 1.29 is 4.79 Å². The molecule has 0 aromatic heterocycles. The maximum absolute atomic E-state index is 10.0. The van der Waals surface area contributed by atoms with Crippen LogP contribution < -0.4 is 5.32 Å². The molecular formula is C3H4ClNO. The predicted octanol–water partition coefficient (Wildman–Crippen LogP) is -0.276. The van der Waals surface area contributed by atoms with E-state index in [0.29, 0.717) is 6.54 Å². The van der Waals surface area contributed by atoms with Crippen LogP contribution in [-0.4, -0.2) is 17.8 Å². The van der Waals surface area contributed by atoms with E-state index in [4.69, 9.17) is 11.6 Å². The van der Waals surface area contributed by atoms with E-state index in [9.17, 15) is 4.79 Å². The van der Waals surface area contributed by atoms with Crippen molar-refractivity contribution in [2.24, 2.45) is 0 Å². The minimum atomic E-state index is -0.384.